The molecule has 88 valence electrons. The maximum absolute atomic E-state index is 5.85. The standard InChI is InChI=1S/C11H22N2O2/c1-12-3-2-6-15-11(9-12)10-13-4-7-14-8-5-13/h11H,2-10H2,1H3. The van der Waals surface area contributed by atoms with Gasteiger partial charge in [0.2, 0.25) is 0 Å². The zero-order valence-electron chi connectivity index (χ0n) is 9.65. The summed E-state index contributed by atoms with van der Waals surface area (Å²) in [5.41, 5.74) is 0. The molecule has 0 N–H and O–H groups in total. The predicted molar refractivity (Wildman–Crippen MR) is 59.1 cm³/mol. The van der Waals surface area contributed by atoms with Crippen molar-refractivity contribution >= 4 is 0 Å². The van der Waals surface area contributed by atoms with Crippen molar-refractivity contribution in [2.75, 3.05) is 59.6 Å². The Balaban J connectivity index is 1.76. The van der Waals surface area contributed by atoms with Gasteiger partial charge in [-0.15, -0.1) is 0 Å². The Kier molecular flexibility index (Phi) is 4.38. The van der Waals surface area contributed by atoms with Crippen LogP contribution in [0.2, 0.25) is 0 Å². The molecule has 0 saturated carbocycles. The van der Waals surface area contributed by atoms with Gasteiger partial charge >= 0.3 is 0 Å². The summed E-state index contributed by atoms with van der Waals surface area (Å²) >= 11 is 0. The molecule has 2 heterocycles. The molecule has 0 spiro atoms. The van der Waals surface area contributed by atoms with Crippen LogP contribution in [0.4, 0.5) is 0 Å². The first kappa shape index (κ1) is 11.3. The number of ether oxygens (including phenoxy) is 2. The van der Waals surface area contributed by atoms with Crippen molar-refractivity contribution in [2.24, 2.45) is 0 Å². The Morgan fingerprint density at radius 2 is 1.93 bits per heavy atom. The van der Waals surface area contributed by atoms with Crippen LogP contribution in [-0.4, -0.2) is 75.5 Å². The molecule has 0 bridgehead atoms. The minimum Gasteiger partial charge on any atom is -0.379 e. The van der Waals surface area contributed by atoms with Crippen LogP contribution in [-0.2, 0) is 9.47 Å². The van der Waals surface area contributed by atoms with Gasteiger partial charge in [-0.25, -0.2) is 0 Å². The number of likely N-dealkylation sites (N-methyl/N-ethyl adjacent to an activating group) is 1. The van der Waals surface area contributed by atoms with E-state index in [-0.39, 0.29) is 0 Å². The fraction of sp³-hybridized carbons (Fsp3) is 1.00. The van der Waals surface area contributed by atoms with Gasteiger partial charge in [0.15, 0.2) is 0 Å². The van der Waals surface area contributed by atoms with Gasteiger partial charge in [0.25, 0.3) is 0 Å². The molecule has 1 unspecified atom stereocenters. The summed E-state index contributed by atoms with van der Waals surface area (Å²) in [7, 11) is 2.18. The van der Waals surface area contributed by atoms with E-state index in [0.29, 0.717) is 6.10 Å². The molecule has 2 saturated heterocycles. The summed E-state index contributed by atoms with van der Waals surface area (Å²) in [6, 6.07) is 0. The Labute approximate surface area is 92.1 Å². The molecule has 0 aromatic heterocycles. The molecule has 0 aliphatic carbocycles. The molecule has 2 fully saturated rings. The Hall–Kier alpha value is -0.160. The normalized spacial score (nSPS) is 31.4. The van der Waals surface area contributed by atoms with E-state index in [0.717, 1.165) is 52.4 Å². The van der Waals surface area contributed by atoms with Gasteiger partial charge in [0, 0.05) is 39.3 Å². The van der Waals surface area contributed by atoms with Crippen molar-refractivity contribution in [2.45, 2.75) is 12.5 Å². The van der Waals surface area contributed by atoms with Gasteiger partial charge in [0.1, 0.15) is 0 Å². The molecule has 0 amide bonds. The second kappa shape index (κ2) is 5.80. The number of nitrogens with zero attached hydrogens (tertiary/aromatic N) is 2. The first-order valence-corrected chi connectivity index (χ1v) is 5.95. The molecule has 2 rings (SSSR count). The lowest BCUT2D eigenvalue weighted by Gasteiger charge is -2.30. The predicted octanol–water partition coefficient (Wildman–Crippen LogP) is 0.0393. The maximum Gasteiger partial charge on any atom is 0.0828 e. The van der Waals surface area contributed by atoms with Gasteiger partial charge in [-0.2, -0.15) is 0 Å². The highest BCUT2D eigenvalue weighted by Crippen LogP contribution is 2.07. The summed E-state index contributed by atoms with van der Waals surface area (Å²) in [6.45, 7) is 8.09. The third-order valence-electron chi connectivity index (χ3n) is 3.12. The lowest BCUT2D eigenvalue weighted by atomic mass is 10.3. The molecule has 2 aliphatic heterocycles. The summed E-state index contributed by atoms with van der Waals surface area (Å²) < 4.78 is 11.2. The molecule has 1 atom stereocenters. The summed E-state index contributed by atoms with van der Waals surface area (Å²) in [5.74, 6) is 0. The van der Waals surface area contributed by atoms with Crippen LogP contribution in [0.5, 0.6) is 0 Å². The summed E-state index contributed by atoms with van der Waals surface area (Å²) in [6.07, 6.45) is 1.55. The van der Waals surface area contributed by atoms with Gasteiger partial charge < -0.3 is 14.4 Å². The van der Waals surface area contributed by atoms with Crippen molar-refractivity contribution in [3.8, 4) is 0 Å². The second-order valence-electron chi connectivity index (χ2n) is 4.52. The van der Waals surface area contributed by atoms with Crippen LogP contribution < -0.4 is 0 Å². The molecule has 15 heavy (non-hydrogen) atoms. The lowest BCUT2D eigenvalue weighted by molar-refractivity contribution is -0.0106. The molecule has 0 radical (unpaired) electrons. The zero-order valence-corrected chi connectivity index (χ0v) is 9.65. The fourth-order valence-electron chi connectivity index (χ4n) is 2.26. The monoisotopic (exact) mass is 214 g/mol. The van der Waals surface area contributed by atoms with Crippen molar-refractivity contribution in [1.29, 1.82) is 0 Å². The molecule has 4 heteroatoms. The second-order valence-corrected chi connectivity index (χ2v) is 4.52. The highest BCUT2D eigenvalue weighted by molar-refractivity contribution is 4.73. The topological polar surface area (TPSA) is 24.9 Å². The largest absolute Gasteiger partial charge is 0.379 e. The highest BCUT2D eigenvalue weighted by atomic mass is 16.5. The van der Waals surface area contributed by atoms with Crippen molar-refractivity contribution in [3.05, 3.63) is 0 Å². The van der Waals surface area contributed by atoms with Gasteiger partial charge in [-0.3, -0.25) is 4.90 Å². The Morgan fingerprint density at radius 3 is 2.73 bits per heavy atom. The Bertz CT molecular complexity index is 183. The van der Waals surface area contributed by atoms with Gasteiger partial charge in [0.05, 0.1) is 19.3 Å². The Morgan fingerprint density at radius 1 is 1.13 bits per heavy atom. The third kappa shape index (κ3) is 3.72. The number of morpholine rings is 1. The number of hydrogen-bond donors (Lipinski definition) is 0. The van der Waals surface area contributed by atoms with Crippen LogP contribution in [0.1, 0.15) is 6.42 Å². The molecule has 0 aromatic carbocycles. The average Bonchev–Trinajstić information content (AvgIpc) is 2.44. The highest BCUT2D eigenvalue weighted by Gasteiger charge is 2.20. The minimum atomic E-state index is 0.385. The van der Waals surface area contributed by atoms with Crippen molar-refractivity contribution in [1.82, 2.24) is 9.80 Å². The van der Waals surface area contributed by atoms with E-state index in [2.05, 4.69) is 16.8 Å². The molecular formula is C11H22N2O2. The van der Waals surface area contributed by atoms with Crippen LogP contribution in [0.3, 0.4) is 0 Å². The van der Waals surface area contributed by atoms with Crippen LogP contribution in [0.25, 0.3) is 0 Å². The van der Waals surface area contributed by atoms with Crippen LogP contribution in [0.15, 0.2) is 0 Å². The molecule has 4 nitrogen and oxygen atoms in total. The van der Waals surface area contributed by atoms with Crippen LogP contribution >= 0.6 is 0 Å². The average molecular weight is 214 g/mol. The van der Waals surface area contributed by atoms with E-state index in [9.17, 15) is 0 Å². The van der Waals surface area contributed by atoms with Crippen molar-refractivity contribution in [3.63, 3.8) is 0 Å². The zero-order chi connectivity index (χ0) is 10.5. The molecule has 0 aromatic rings. The van der Waals surface area contributed by atoms with Crippen molar-refractivity contribution < 1.29 is 9.47 Å². The lowest BCUT2D eigenvalue weighted by Crippen LogP contribution is -2.44. The van der Waals surface area contributed by atoms with E-state index < -0.39 is 0 Å². The van der Waals surface area contributed by atoms with Gasteiger partial charge in [-0.05, 0) is 13.5 Å². The fourth-order valence-corrected chi connectivity index (χ4v) is 2.26. The van der Waals surface area contributed by atoms with E-state index in [1.165, 1.54) is 6.54 Å². The SMILES string of the molecule is CN1CCCOC(CN2CCOCC2)C1. The van der Waals surface area contributed by atoms with E-state index in [1.807, 2.05) is 0 Å². The molecular weight excluding hydrogens is 192 g/mol. The summed E-state index contributed by atoms with van der Waals surface area (Å²) in [5, 5.41) is 0. The third-order valence-corrected chi connectivity index (χ3v) is 3.12. The summed E-state index contributed by atoms with van der Waals surface area (Å²) in [4.78, 5) is 4.82. The number of hydrogen-bond acceptors (Lipinski definition) is 4. The smallest absolute Gasteiger partial charge is 0.0828 e. The van der Waals surface area contributed by atoms with E-state index in [4.69, 9.17) is 9.47 Å². The number of rotatable bonds is 2. The van der Waals surface area contributed by atoms with E-state index >= 15 is 0 Å². The first-order valence-electron chi connectivity index (χ1n) is 5.95. The minimum absolute atomic E-state index is 0.385. The molecule has 2 aliphatic rings. The first-order chi connectivity index (χ1) is 7.34. The van der Waals surface area contributed by atoms with Crippen LogP contribution in [0, 0.1) is 0 Å². The maximum atomic E-state index is 5.85. The quantitative estimate of drug-likeness (QED) is 0.648. The van der Waals surface area contributed by atoms with Gasteiger partial charge in [-0.1, -0.05) is 0 Å². The van der Waals surface area contributed by atoms with E-state index in [1.54, 1.807) is 0 Å².